The maximum Gasteiger partial charge on any atom is 0.248 e. The van der Waals surface area contributed by atoms with Gasteiger partial charge in [-0.25, -0.2) is 18.7 Å². The van der Waals surface area contributed by atoms with Crippen molar-refractivity contribution in [2.45, 2.75) is 0 Å². The number of carbonyl (C=O) groups is 1. The Morgan fingerprint density at radius 3 is 2.62 bits per heavy atom. The molecule has 1 amide bonds. The van der Waals surface area contributed by atoms with Gasteiger partial charge in [-0.1, -0.05) is 23.7 Å². The van der Waals surface area contributed by atoms with Crippen LogP contribution in [0.2, 0.25) is 5.02 Å². The number of methoxy groups -OCH3 is 1. The van der Waals surface area contributed by atoms with Crippen molar-refractivity contribution in [2.24, 2.45) is 0 Å². The van der Waals surface area contributed by atoms with E-state index in [4.69, 9.17) is 16.3 Å². The second-order valence-corrected chi connectivity index (χ2v) is 8.74. The molecule has 3 aromatic carbocycles. The van der Waals surface area contributed by atoms with E-state index < -0.39 is 11.6 Å². The van der Waals surface area contributed by atoms with E-state index in [2.05, 4.69) is 20.6 Å². The number of likely N-dealkylation sites (N-methyl/N-ethyl adjacent to an activating group) is 1. The summed E-state index contributed by atoms with van der Waals surface area (Å²) in [6.45, 7) is 0.615. The van der Waals surface area contributed by atoms with Crippen LogP contribution in [0.3, 0.4) is 0 Å². The van der Waals surface area contributed by atoms with E-state index in [-0.39, 0.29) is 16.5 Å². The van der Waals surface area contributed by atoms with Gasteiger partial charge < -0.3 is 20.3 Å². The summed E-state index contributed by atoms with van der Waals surface area (Å²) in [7, 11) is 5.30. The highest BCUT2D eigenvalue weighted by molar-refractivity contribution is 6.39. The molecule has 10 heteroatoms. The fraction of sp³-hybridized carbons (Fsp3) is 0.148. The Morgan fingerprint density at radius 1 is 1.08 bits per heavy atom. The molecular weight excluding hydrogens is 500 g/mol. The average Bonchev–Trinajstić information content (AvgIpc) is 2.85. The molecule has 0 saturated heterocycles. The third-order valence-corrected chi connectivity index (χ3v) is 5.83. The smallest absolute Gasteiger partial charge is 0.248 e. The lowest BCUT2D eigenvalue weighted by Gasteiger charge is -2.15. The number of benzene rings is 3. The molecule has 0 spiro atoms. The van der Waals surface area contributed by atoms with E-state index in [9.17, 15) is 13.6 Å². The third kappa shape index (κ3) is 6.02. The van der Waals surface area contributed by atoms with Crippen molar-refractivity contribution in [3.63, 3.8) is 0 Å². The molecule has 190 valence electrons. The molecule has 0 bridgehead atoms. The van der Waals surface area contributed by atoms with Crippen LogP contribution in [0.5, 0.6) is 5.75 Å². The number of hydrogen-bond donors (Lipinski definition) is 2. The number of halogens is 3. The molecule has 1 heterocycles. The number of carbonyl (C=O) groups excluding carboxylic acids is 1. The van der Waals surface area contributed by atoms with Crippen molar-refractivity contribution >= 4 is 45.6 Å². The van der Waals surface area contributed by atoms with Gasteiger partial charge in [0.1, 0.15) is 29.5 Å². The highest BCUT2D eigenvalue weighted by Gasteiger charge is 2.16. The standard InChI is InChI=1S/C27H24ClF2N5O2/c1-35(2)12-4-5-24(36)33-21-10-9-20-25(26(21)28)27(32-15-31-20)34-22-13-16(6-11-23(22)37-3)18-8-7-17(29)14-19(18)30/h4-11,13-15H,12H2,1-3H3,(H,33,36)(H,31,32,34)/b5-4+. The van der Waals surface area contributed by atoms with E-state index in [1.54, 1.807) is 36.4 Å². The minimum Gasteiger partial charge on any atom is -0.495 e. The van der Waals surface area contributed by atoms with Crippen LogP contribution in [-0.4, -0.2) is 48.5 Å². The van der Waals surface area contributed by atoms with Crippen molar-refractivity contribution in [2.75, 3.05) is 38.4 Å². The number of fused-ring (bicyclic) bond motifs is 1. The van der Waals surface area contributed by atoms with Gasteiger partial charge >= 0.3 is 0 Å². The first kappa shape index (κ1) is 26.0. The Hall–Kier alpha value is -4.08. The summed E-state index contributed by atoms with van der Waals surface area (Å²) in [4.78, 5) is 22.9. The molecule has 0 unspecified atom stereocenters. The molecule has 0 aliphatic carbocycles. The molecule has 0 saturated carbocycles. The minimum absolute atomic E-state index is 0.227. The van der Waals surface area contributed by atoms with Crippen molar-refractivity contribution < 1.29 is 18.3 Å². The number of rotatable bonds is 8. The van der Waals surface area contributed by atoms with Crippen LogP contribution in [0.15, 0.2) is 67.0 Å². The summed E-state index contributed by atoms with van der Waals surface area (Å²) >= 11 is 6.69. The topological polar surface area (TPSA) is 79.4 Å². The summed E-state index contributed by atoms with van der Waals surface area (Å²) in [6.07, 6.45) is 4.55. The first-order chi connectivity index (χ1) is 17.8. The van der Waals surface area contributed by atoms with Gasteiger partial charge in [0.15, 0.2) is 0 Å². The van der Waals surface area contributed by atoms with Crippen LogP contribution >= 0.6 is 11.6 Å². The molecule has 0 aliphatic heterocycles. The van der Waals surface area contributed by atoms with Crippen LogP contribution in [-0.2, 0) is 4.79 Å². The van der Waals surface area contributed by atoms with Gasteiger partial charge in [-0.15, -0.1) is 0 Å². The Kier molecular flexibility index (Phi) is 7.95. The van der Waals surface area contributed by atoms with Crippen molar-refractivity contribution in [3.05, 3.63) is 83.7 Å². The lowest BCUT2D eigenvalue weighted by atomic mass is 10.0. The largest absolute Gasteiger partial charge is 0.495 e. The molecule has 1 aromatic heterocycles. The van der Waals surface area contributed by atoms with E-state index in [1.165, 1.54) is 31.6 Å². The molecule has 0 atom stereocenters. The fourth-order valence-corrected chi connectivity index (χ4v) is 3.97. The first-order valence-electron chi connectivity index (χ1n) is 11.2. The van der Waals surface area contributed by atoms with E-state index in [0.717, 1.165) is 6.07 Å². The predicted octanol–water partition coefficient (Wildman–Crippen LogP) is 6.04. The van der Waals surface area contributed by atoms with Gasteiger partial charge in [0.2, 0.25) is 5.91 Å². The number of nitrogens with one attached hydrogen (secondary N) is 2. The zero-order valence-electron chi connectivity index (χ0n) is 20.3. The number of aromatic nitrogens is 2. The molecule has 2 N–H and O–H groups in total. The van der Waals surface area contributed by atoms with Crippen molar-refractivity contribution in [3.8, 4) is 16.9 Å². The molecular formula is C27H24ClF2N5O2. The second-order valence-electron chi connectivity index (χ2n) is 8.36. The van der Waals surface area contributed by atoms with Gasteiger partial charge in [-0.3, -0.25) is 4.79 Å². The maximum absolute atomic E-state index is 14.4. The van der Waals surface area contributed by atoms with Crippen LogP contribution in [0.1, 0.15) is 0 Å². The zero-order valence-corrected chi connectivity index (χ0v) is 21.1. The predicted molar refractivity (Wildman–Crippen MR) is 143 cm³/mol. The summed E-state index contributed by atoms with van der Waals surface area (Å²) in [5.41, 5.74) is 2.14. The van der Waals surface area contributed by atoms with E-state index in [1.807, 2.05) is 19.0 Å². The van der Waals surface area contributed by atoms with Gasteiger partial charge in [0.25, 0.3) is 0 Å². The number of amides is 1. The SMILES string of the molecule is COc1ccc(-c2ccc(F)cc2F)cc1Nc1ncnc2ccc(NC(=O)/C=C/CN(C)C)c(Cl)c12. The summed E-state index contributed by atoms with van der Waals surface area (Å²) in [5.74, 6) is -0.864. The first-order valence-corrected chi connectivity index (χ1v) is 11.6. The second kappa shape index (κ2) is 11.3. The molecule has 37 heavy (non-hydrogen) atoms. The Labute approximate surface area is 217 Å². The maximum atomic E-state index is 14.4. The van der Waals surface area contributed by atoms with Gasteiger partial charge in [0, 0.05) is 24.3 Å². The average molecular weight is 524 g/mol. The van der Waals surface area contributed by atoms with Crippen LogP contribution in [0, 0.1) is 11.6 Å². The van der Waals surface area contributed by atoms with Crippen LogP contribution in [0.4, 0.5) is 26.0 Å². The third-order valence-electron chi connectivity index (χ3n) is 5.43. The molecule has 7 nitrogen and oxygen atoms in total. The van der Waals surface area contributed by atoms with E-state index in [0.29, 0.717) is 46.0 Å². The zero-order chi connectivity index (χ0) is 26.5. The normalized spacial score (nSPS) is 11.3. The summed E-state index contributed by atoms with van der Waals surface area (Å²) in [6, 6.07) is 11.8. The fourth-order valence-electron chi connectivity index (χ4n) is 3.67. The number of anilines is 3. The van der Waals surface area contributed by atoms with Crippen LogP contribution in [0.25, 0.3) is 22.0 Å². The van der Waals surface area contributed by atoms with Crippen LogP contribution < -0.4 is 15.4 Å². The Bertz CT molecular complexity index is 1490. The summed E-state index contributed by atoms with van der Waals surface area (Å²) in [5, 5.41) is 6.68. The highest BCUT2D eigenvalue weighted by Crippen LogP contribution is 2.38. The van der Waals surface area contributed by atoms with E-state index >= 15 is 0 Å². The Balaban J connectivity index is 1.71. The monoisotopic (exact) mass is 523 g/mol. The molecule has 4 aromatic rings. The van der Waals surface area contributed by atoms with Crippen molar-refractivity contribution in [1.29, 1.82) is 0 Å². The highest BCUT2D eigenvalue weighted by atomic mass is 35.5. The molecule has 0 fully saturated rings. The number of hydrogen-bond acceptors (Lipinski definition) is 6. The number of ether oxygens (including phenoxy) is 1. The lowest BCUT2D eigenvalue weighted by molar-refractivity contribution is -0.111. The minimum atomic E-state index is -0.688. The van der Waals surface area contributed by atoms with Gasteiger partial charge in [-0.2, -0.15) is 0 Å². The molecule has 0 aliphatic rings. The number of nitrogens with zero attached hydrogens (tertiary/aromatic N) is 3. The van der Waals surface area contributed by atoms with Crippen molar-refractivity contribution in [1.82, 2.24) is 14.9 Å². The van der Waals surface area contributed by atoms with Gasteiger partial charge in [-0.05, 0) is 56.1 Å². The summed E-state index contributed by atoms with van der Waals surface area (Å²) < 4.78 is 33.3. The Morgan fingerprint density at radius 2 is 1.89 bits per heavy atom. The molecule has 4 rings (SSSR count). The molecule has 0 radical (unpaired) electrons. The lowest BCUT2D eigenvalue weighted by Crippen LogP contribution is -2.13. The van der Waals surface area contributed by atoms with Gasteiger partial charge in [0.05, 0.1) is 34.4 Å². The quantitative estimate of drug-likeness (QED) is 0.274.